The minimum Gasteiger partial charge on any atom is -0.298 e. The van der Waals surface area contributed by atoms with E-state index in [0.29, 0.717) is 21.1 Å². The van der Waals surface area contributed by atoms with Crippen LogP contribution >= 0.6 is 38.5 Å². The van der Waals surface area contributed by atoms with Crippen molar-refractivity contribution in [1.29, 1.82) is 0 Å². The summed E-state index contributed by atoms with van der Waals surface area (Å²) in [5.41, 5.74) is 0. The SMILES string of the molecule is CCCCCC1NC(C)C(Br)C[C@H](C)C(I)N1. The van der Waals surface area contributed by atoms with E-state index < -0.39 is 0 Å². The summed E-state index contributed by atoms with van der Waals surface area (Å²) in [5.74, 6) is 0.721. The van der Waals surface area contributed by atoms with Crippen LogP contribution in [-0.4, -0.2) is 21.1 Å². The third-order valence-electron chi connectivity index (χ3n) is 3.56. The summed E-state index contributed by atoms with van der Waals surface area (Å²) in [6.45, 7) is 6.90. The molecule has 102 valence electrons. The first-order chi connectivity index (χ1) is 8.04. The van der Waals surface area contributed by atoms with Gasteiger partial charge in [0.05, 0.1) is 10.2 Å². The van der Waals surface area contributed by atoms with Crippen LogP contribution in [0.25, 0.3) is 0 Å². The third kappa shape index (κ3) is 5.74. The molecule has 0 amide bonds. The van der Waals surface area contributed by atoms with Gasteiger partial charge in [-0.2, -0.15) is 0 Å². The van der Waals surface area contributed by atoms with Crippen molar-refractivity contribution in [2.45, 2.75) is 74.0 Å². The minimum absolute atomic E-state index is 0.473. The van der Waals surface area contributed by atoms with Crippen molar-refractivity contribution >= 4 is 38.5 Å². The number of nitrogens with one attached hydrogen (secondary N) is 2. The maximum Gasteiger partial charge on any atom is 0.0631 e. The fourth-order valence-electron chi connectivity index (χ4n) is 2.27. The van der Waals surface area contributed by atoms with Crippen LogP contribution in [0.3, 0.4) is 0 Å². The summed E-state index contributed by atoms with van der Waals surface area (Å²) in [6.07, 6.45) is 6.90. The Morgan fingerprint density at radius 3 is 2.59 bits per heavy atom. The summed E-state index contributed by atoms with van der Waals surface area (Å²) in [5, 5.41) is 7.45. The number of unbranched alkanes of at least 4 members (excludes halogenated alkanes) is 2. The Kier molecular flexibility index (Phi) is 7.93. The van der Waals surface area contributed by atoms with E-state index in [4.69, 9.17) is 0 Å². The highest BCUT2D eigenvalue weighted by Crippen LogP contribution is 2.25. The molecule has 4 heteroatoms. The van der Waals surface area contributed by atoms with E-state index in [1.54, 1.807) is 0 Å². The Labute approximate surface area is 128 Å². The predicted octanol–water partition coefficient (Wildman–Crippen LogP) is 4.02. The molecule has 0 spiro atoms. The Bertz CT molecular complexity index is 200. The van der Waals surface area contributed by atoms with Crippen LogP contribution in [0.2, 0.25) is 0 Å². The fraction of sp³-hybridized carbons (Fsp3) is 1.00. The molecule has 0 aromatic rings. The predicted molar refractivity (Wildman–Crippen MR) is 88.0 cm³/mol. The molecule has 0 saturated carbocycles. The Balaban J connectivity index is 2.50. The molecular formula is C13H26BrIN2. The average molecular weight is 417 g/mol. The van der Waals surface area contributed by atoms with Gasteiger partial charge in [-0.1, -0.05) is 71.6 Å². The van der Waals surface area contributed by atoms with Gasteiger partial charge in [-0.25, -0.2) is 0 Å². The minimum atomic E-state index is 0.473. The number of rotatable bonds is 4. The second-order valence-corrected chi connectivity index (χ2v) is 7.82. The van der Waals surface area contributed by atoms with Gasteiger partial charge in [-0.3, -0.25) is 10.6 Å². The van der Waals surface area contributed by atoms with Crippen molar-refractivity contribution in [3.63, 3.8) is 0 Å². The Morgan fingerprint density at radius 1 is 1.24 bits per heavy atom. The van der Waals surface area contributed by atoms with E-state index in [1.165, 1.54) is 32.1 Å². The van der Waals surface area contributed by atoms with Crippen molar-refractivity contribution in [2.24, 2.45) is 5.92 Å². The van der Waals surface area contributed by atoms with Gasteiger partial charge in [0.2, 0.25) is 0 Å². The lowest BCUT2D eigenvalue weighted by Crippen LogP contribution is -2.55. The first-order valence-corrected chi connectivity index (χ1v) is 9.01. The van der Waals surface area contributed by atoms with Gasteiger partial charge in [-0.15, -0.1) is 0 Å². The molecule has 4 unspecified atom stereocenters. The molecule has 2 nitrogen and oxygen atoms in total. The highest BCUT2D eigenvalue weighted by atomic mass is 127. The van der Waals surface area contributed by atoms with Crippen LogP contribution < -0.4 is 10.6 Å². The van der Waals surface area contributed by atoms with Gasteiger partial charge in [0.15, 0.2) is 0 Å². The van der Waals surface area contributed by atoms with Gasteiger partial charge in [0.25, 0.3) is 0 Å². The smallest absolute Gasteiger partial charge is 0.0631 e. The second kappa shape index (κ2) is 8.33. The van der Waals surface area contributed by atoms with E-state index in [2.05, 4.69) is 69.9 Å². The molecule has 0 aromatic carbocycles. The highest BCUT2D eigenvalue weighted by Gasteiger charge is 2.27. The van der Waals surface area contributed by atoms with Crippen LogP contribution in [0.5, 0.6) is 0 Å². The van der Waals surface area contributed by atoms with Gasteiger partial charge in [0.1, 0.15) is 0 Å². The lowest BCUT2D eigenvalue weighted by atomic mass is 9.99. The molecule has 0 aromatic heterocycles. The van der Waals surface area contributed by atoms with E-state index >= 15 is 0 Å². The lowest BCUT2D eigenvalue weighted by molar-refractivity contribution is 0.282. The third-order valence-corrected chi connectivity index (χ3v) is 6.31. The molecule has 17 heavy (non-hydrogen) atoms. The zero-order valence-corrected chi connectivity index (χ0v) is 14.9. The molecular weight excluding hydrogens is 391 g/mol. The number of alkyl halides is 2. The van der Waals surface area contributed by atoms with Crippen LogP contribution in [0, 0.1) is 5.92 Å². The molecule has 1 saturated heterocycles. The van der Waals surface area contributed by atoms with Crippen molar-refractivity contribution in [1.82, 2.24) is 10.6 Å². The lowest BCUT2D eigenvalue weighted by Gasteiger charge is -2.36. The van der Waals surface area contributed by atoms with Gasteiger partial charge in [-0.05, 0) is 25.7 Å². The van der Waals surface area contributed by atoms with Crippen molar-refractivity contribution in [3.05, 3.63) is 0 Å². The van der Waals surface area contributed by atoms with Crippen molar-refractivity contribution in [3.8, 4) is 0 Å². The number of hydrogen-bond donors (Lipinski definition) is 2. The molecule has 0 aliphatic carbocycles. The maximum atomic E-state index is 3.82. The van der Waals surface area contributed by atoms with E-state index in [0.717, 1.165) is 5.92 Å². The monoisotopic (exact) mass is 416 g/mol. The zero-order chi connectivity index (χ0) is 12.8. The molecule has 1 rings (SSSR count). The molecule has 1 fully saturated rings. The molecule has 1 aliphatic heterocycles. The van der Waals surface area contributed by atoms with Crippen molar-refractivity contribution in [2.75, 3.05) is 0 Å². The second-order valence-electron chi connectivity index (χ2n) is 5.30. The summed E-state index contributed by atoms with van der Waals surface area (Å²) < 4.78 is 0.569. The molecule has 5 atom stereocenters. The Hall–Kier alpha value is 1.13. The molecule has 2 N–H and O–H groups in total. The number of hydrogen-bond acceptors (Lipinski definition) is 2. The van der Waals surface area contributed by atoms with Crippen LogP contribution in [0.15, 0.2) is 0 Å². The van der Waals surface area contributed by atoms with E-state index in [1.807, 2.05) is 0 Å². The molecule has 1 aliphatic rings. The standard InChI is InChI=1S/C13H26BrIN2/c1-4-5-6-7-12-16-10(3)11(14)8-9(2)13(15)17-12/h9-13,16-17H,4-8H2,1-3H3/t9-,10?,11?,12?,13?/m0/s1. The summed E-state index contributed by atoms with van der Waals surface area (Å²) in [7, 11) is 0. The van der Waals surface area contributed by atoms with Crippen LogP contribution in [0.1, 0.15) is 52.9 Å². The average Bonchev–Trinajstić information content (AvgIpc) is 2.27. The van der Waals surface area contributed by atoms with Crippen molar-refractivity contribution < 1.29 is 0 Å². The molecule has 0 bridgehead atoms. The fourth-order valence-corrected chi connectivity index (χ4v) is 3.74. The molecule has 1 heterocycles. The summed E-state index contributed by atoms with van der Waals surface area (Å²) in [4.78, 5) is 0.588. The topological polar surface area (TPSA) is 24.1 Å². The summed E-state index contributed by atoms with van der Waals surface area (Å²) in [6, 6.07) is 0.542. The van der Waals surface area contributed by atoms with E-state index in [-0.39, 0.29) is 0 Å². The Morgan fingerprint density at radius 2 is 1.94 bits per heavy atom. The maximum absolute atomic E-state index is 3.82. The van der Waals surface area contributed by atoms with Crippen LogP contribution in [0.4, 0.5) is 0 Å². The number of halogens is 2. The quantitative estimate of drug-likeness (QED) is 0.313. The van der Waals surface area contributed by atoms with Crippen LogP contribution in [-0.2, 0) is 0 Å². The van der Waals surface area contributed by atoms with E-state index in [9.17, 15) is 0 Å². The summed E-state index contributed by atoms with van der Waals surface area (Å²) >= 11 is 6.37. The van der Waals surface area contributed by atoms with Gasteiger partial charge < -0.3 is 0 Å². The van der Waals surface area contributed by atoms with Gasteiger partial charge >= 0.3 is 0 Å². The largest absolute Gasteiger partial charge is 0.298 e. The highest BCUT2D eigenvalue weighted by molar-refractivity contribution is 14.1. The van der Waals surface area contributed by atoms with Gasteiger partial charge in [0, 0.05) is 10.9 Å². The first kappa shape index (κ1) is 16.2. The zero-order valence-electron chi connectivity index (χ0n) is 11.2. The molecule has 0 radical (unpaired) electrons. The normalized spacial score (nSPS) is 39.7. The first-order valence-electron chi connectivity index (χ1n) is 6.84.